The predicted molar refractivity (Wildman–Crippen MR) is 92.4 cm³/mol. The average molecular weight is 312 g/mol. The first-order valence-electron chi connectivity index (χ1n) is 9.39. The van der Waals surface area contributed by atoms with Gasteiger partial charge in [0.05, 0.1) is 5.41 Å². The average Bonchev–Trinajstić information content (AvgIpc) is 3.09. The quantitative estimate of drug-likeness (QED) is 0.856. The standard InChI is InChI=1S/C20H28N2O/c23-19(20(11-6-12-20)17-7-2-1-3-8-17)22-15-13-21(14-16-22)18-9-4-5-10-18/h1-3,7-8,18H,4-6,9-16H2. The number of hydrogen-bond acceptors (Lipinski definition) is 2. The second-order valence-electron chi connectivity index (χ2n) is 7.57. The van der Waals surface area contributed by atoms with Crippen molar-refractivity contribution < 1.29 is 4.79 Å². The van der Waals surface area contributed by atoms with Gasteiger partial charge >= 0.3 is 0 Å². The van der Waals surface area contributed by atoms with Crippen molar-refractivity contribution in [2.75, 3.05) is 26.2 Å². The van der Waals surface area contributed by atoms with Gasteiger partial charge < -0.3 is 4.90 Å². The molecule has 0 radical (unpaired) electrons. The van der Waals surface area contributed by atoms with Crippen LogP contribution in [0.3, 0.4) is 0 Å². The van der Waals surface area contributed by atoms with Crippen LogP contribution in [-0.2, 0) is 10.2 Å². The molecule has 0 spiro atoms. The zero-order chi connectivity index (χ0) is 15.7. The topological polar surface area (TPSA) is 23.6 Å². The Morgan fingerprint density at radius 1 is 0.913 bits per heavy atom. The van der Waals surface area contributed by atoms with Crippen LogP contribution in [0.25, 0.3) is 0 Å². The Balaban J connectivity index is 1.43. The summed E-state index contributed by atoms with van der Waals surface area (Å²) in [6, 6.07) is 11.3. The second kappa shape index (κ2) is 6.27. The third-order valence-corrected chi connectivity index (χ3v) is 6.39. The zero-order valence-electron chi connectivity index (χ0n) is 14.0. The van der Waals surface area contributed by atoms with Crippen LogP contribution in [-0.4, -0.2) is 47.9 Å². The largest absolute Gasteiger partial charge is 0.339 e. The SMILES string of the molecule is O=C(N1CCN(C2CCCC2)CC1)C1(c2ccccc2)CCC1. The Morgan fingerprint density at radius 2 is 1.57 bits per heavy atom. The van der Waals surface area contributed by atoms with Crippen molar-refractivity contribution in [3.05, 3.63) is 35.9 Å². The van der Waals surface area contributed by atoms with E-state index in [1.807, 2.05) is 6.07 Å². The van der Waals surface area contributed by atoms with Crippen LogP contribution in [0.1, 0.15) is 50.5 Å². The van der Waals surface area contributed by atoms with E-state index in [1.165, 1.54) is 37.7 Å². The summed E-state index contributed by atoms with van der Waals surface area (Å²) in [5.41, 5.74) is 1.02. The molecule has 2 saturated carbocycles. The molecule has 2 aliphatic carbocycles. The fourth-order valence-corrected chi connectivity index (χ4v) is 4.78. The van der Waals surface area contributed by atoms with Gasteiger partial charge in [0.2, 0.25) is 5.91 Å². The Kier molecular flexibility index (Phi) is 4.14. The van der Waals surface area contributed by atoms with Crippen molar-refractivity contribution in [2.45, 2.75) is 56.4 Å². The fraction of sp³-hybridized carbons (Fsp3) is 0.650. The minimum absolute atomic E-state index is 0.212. The third-order valence-electron chi connectivity index (χ3n) is 6.39. The van der Waals surface area contributed by atoms with Gasteiger partial charge in [-0.1, -0.05) is 49.6 Å². The second-order valence-corrected chi connectivity index (χ2v) is 7.57. The number of carbonyl (C=O) groups is 1. The molecule has 0 bridgehead atoms. The number of piperazine rings is 1. The van der Waals surface area contributed by atoms with Crippen molar-refractivity contribution in [1.82, 2.24) is 9.80 Å². The Labute approximate surface area is 139 Å². The van der Waals surface area contributed by atoms with Crippen LogP contribution in [0.15, 0.2) is 30.3 Å². The summed E-state index contributed by atoms with van der Waals surface area (Å²) in [6.45, 7) is 3.98. The maximum atomic E-state index is 13.2. The van der Waals surface area contributed by atoms with E-state index in [-0.39, 0.29) is 5.41 Å². The highest BCUT2D eigenvalue weighted by molar-refractivity contribution is 5.89. The van der Waals surface area contributed by atoms with Crippen molar-refractivity contribution >= 4 is 5.91 Å². The molecule has 3 aliphatic rings. The lowest BCUT2D eigenvalue weighted by Crippen LogP contribution is -2.57. The van der Waals surface area contributed by atoms with Gasteiger partial charge in [-0.25, -0.2) is 0 Å². The van der Waals surface area contributed by atoms with E-state index in [2.05, 4.69) is 34.1 Å². The van der Waals surface area contributed by atoms with Gasteiger partial charge in [0.1, 0.15) is 0 Å². The van der Waals surface area contributed by atoms with E-state index in [9.17, 15) is 4.79 Å². The highest BCUT2D eigenvalue weighted by Gasteiger charge is 2.48. The number of rotatable bonds is 3. The number of hydrogen-bond donors (Lipinski definition) is 0. The van der Waals surface area contributed by atoms with E-state index in [1.54, 1.807) is 0 Å². The maximum absolute atomic E-state index is 13.2. The molecule has 1 aromatic carbocycles. The fourth-order valence-electron chi connectivity index (χ4n) is 4.78. The van der Waals surface area contributed by atoms with Crippen LogP contribution in [0.5, 0.6) is 0 Å². The molecule has 1 aliphatic heterocycles. The third kappa shape index (κ3) is 2.69. The van der Waals surface area contributed by atoms with Gasteiger partial charge in [-0.2, -0.15) is 0 Å². The highest BCUT2D eigenvalue weighted by atomic mass is 16.2. The van der Waals surface area contributed by atoms with Gasteiger partial charge in [0.15, 0.2) is 0 Å². The molecule has 1 heterocycles. The summed E-state index contributed by atoms with van der Waals surface area (Å²) < 4.78 is 0. The van der Waals surface area contributed by atoms with E-state index in [4.69, 9.17) is 0 Å². The molecule has 3 nitrogen and oxygen atoms in total. The molecule has 23 heavy (non-hydrogen) atoms. The van der Waals surface area contributed by atoms with Gasteiger partial charge in [-0.05, 0) is 31.2 Å². The van der Waals surface area contributed by atoms with Crippen molar-refractivity contribution in [3.8, 4) is 0 Å². The lowest BCUT2D eigenvalue weighted by atomic mass is 9.63. The lowest BCUT2D eigenvalue weighted by Gasteiger charge is -2.46. The monoisotopic (exact) mass is 312 g/mol. The van der Waals surface area contributed by atoms with E-state index < -0.39 is 0 Å². The Bertz CT molecular complexity index is 538. The summed E-state index contributed by atoms with van der Waals surface area (Å²) in [6.07, 6.45) is 8.74. The van der Waals surface area contributed by atoms with Crippen LogP contribution in [0.2, 0.25) is 0 Å². The Hall–Kier alpha value is -1.35. The van der Waals surface area contributed by atoms with E-state index in [0.29, 0.717) is 5.91 Å². The molecule has 3 heteroatoms. The minimum atomic E-state index is -0.212. The molecular formula is C20H28N2O. The first-order valence-corrected chi connectivity index (χ1v) is 9.39. The summed E-state index contributed by atoms with van der Waals surface area (Å²) in [4.78, 5) is 18.0. The zero-order valence-corrected chi connectivity index (χ0v) is 14.0. The molecule has 4 rings (SSSR count). The molecule has 1 saturated heterocycles. The molecule has 0 N–H and O–H groups in total. The highest BCUT2D eigenvalue weighted by Crippen LogP contribution is 2.45. The molecule has 0 unspecified atom stereocenters. The number of carbonyl (C=O) groups excluding carboxylic acids is 1. The lowest BCUT2D eigenvalue weighted by molar-refractivity contribution is -0.143. The summed E-state index contributed by atoms with van der Waals surface area (Å²) in [5, 5.41) is 0. The first kappa shape index (κ1) is 15.2. The molecular weight excluding hydrogens is 284 g/mol. The van der Waals surface area contributed by atoms with Crippen LogP contribution in [0, 0.1) is 0 Å². The van der Waals surface area contributed by atoms with E-state index >= 15 is 0 Å². The number of amides is 1. The molecule has 1 aromatic rings. The maximum Gasteiger partial charge on any atom is 0.233 e. The van der Waals surface area contributed by atoms with Gasteiger partial charge in [0.25, 0.3) is 0 Å². The summed E-state index contributed by atoms with van der Waals surface area (Å²) >= 11 is 0. The molecule has 0 aromatic heterocycles. The van der Waals surface area contributed by atoms with E-state index in [0.717, 1.165) is 45.1 Å². The van der Waals surface area contributed by atoms with Gasteiger partial charge in [0, 0.05) is 32.2 Å². The predicted octanol–water partition coefficient (Wildman–Crippen LogP) is 3.20. The van der Waals surface area contributed by atoms with Gasteiger partial charge in [-0.3, -0.25) is 9.69 Å². The van der Waals surface area contributed by atoms with Crippen molar-refractivity contribution in [1.29, 1.82) is 0 Å². The number of benzene rings is 1. The molecule has 3 fully saturated rings. The van der Waals surface area contributed by atoms with Crippen LogP contribution < -0.4 is 0 Å². The van der Waals surface area contributed by atoms with Crippen molar-refractivity contribution in [3.63, 3.8) is 0 Å². The molecule has 1 amide bonds. The van der Waals surface area contributed by atoms with Crippen LogP contribution >= 0.6 is 0 Å². The van der Waals surface area contributed by atoms with Gasteiger partial charge in [-0.15, -0.1) is 0 Å². The molecule has 0 atom stereocenters. The smallest absolute Gasteiger partial charge is 0.233 e. The van der Waals surface area contributed by atoms with Crippen LogP contribution in [0.4, 0.5) is 0 Å². The number of nitrogens with zero attached hydrogens (tertiary/aromatic N) is 2. The summed E-state index contributed by atoms with van der Waals surface area (Å²) in [5.74, 6) is 0.390. The summed E-state index contributed by atoms with van der Waals surface area (Å²) in [7, 11) is 0. The van der Waals surface area contributed by atoms with Crippen molar-refractivity contribution in [2.24, 2.45) is 0 Å². The minimum Gasteiger partial charge on any atom is -0.339 e. The molecule has 124 valence electrons. The Morgan fingerprint density at radius 3 is 2.13 bits per heavy atom. The normalized spacial score (nSPS) is 25.3. The first-order chi connectivity index (χ1) is 11.3.